The van der Waals surface area contributed by atoms with Crippen molar-refractivity contribution in [3.63, 3.8) is 0 Å². The molecule has 3 nitrogen and oxygen atoms in total. The van der Waals surface area contributed by atoms with Crippen LogP contribution in [-0.2, 0) is 6.54 Å². The molecule has 0 spiro atoms. The molecule has 0 aliphatic rings. The molecule has 0 unspecified atom stereocenters. The van der Waals surface area contributed by atoms with Crippen LogP contribution in [0.15, 0.2) is 40.9 Å². The zero-order chi connectivity index (χ0) is 15.4. The number of phenols is 1. The van der Waals surface area contributed by atoms with E-state index in [9.17, 15) is 9.50 Å². The van der Waals surface area contributed by atoms with Crippen molar-refractivity contribution in [3.8, 4) is 11.5 Å². The average Bonchev–Trinajstić information content (AvgIpc) is 2.49. The molecule has 0 radical (unpaired) electrons. The highest BCUT2D eigenvalue weighted by Gasteiger charge is 2.11. The van der Waals surface area contributed by atoms with Gasteiger partial charge in [0, 0.05) is 18.8 Å². The number of rotatable bonds is 5. The minimum absolute atomic E-state index is 0.0890. The van der Waals surface area contributed by atoms with Crippen LogP contribution in [0.5, 0.6) is 11.5 Å². The first-order valence-corrected chi connectivity index (χ1v) is 7.40. The van der Waals surface area contributed by atoms with E-state index >= 15 is 0 Å². The smallest absolute Gasteiger partial charge is 0.172 e. The zero-order valence-electron chi connectivity index (χ0n) is 11.9. The third kappa shape index (κ3) is 3.67. The fourth-order valence-corrected chi connectivity index (χ4v) is 2.62. The monoisotopic (exact) mass is 353 g/mol. The number of aromatic hydroxyl groups is 1. The minimum Gasteiger partial charge on any atom is -0.503 e. The molecule has 5 heteroatoms. The lowest BCUT2D eigenvalue weighted by Crippen LogP contribution is -2.21. The van der Waals surface area contributed by atoms with Gasteiger partial charge in [-0.3, -0.25) is 0 Å². The van der Waals surface area contributed by atoms with E-state index in [0.29, 0.717) is 16.8 Å². The van der Waals surface area contributed by atoms with Crippen LogP contribution in [0, 0.1) is 5.82 Å². The predicted molar refractivity (Wildman–Crippen MR) is 85.5 cm³/mol. The number of phenolic OH excluding ortho intramolecular Hbond substituents is 1. The molecule has 0 saturated carbocycles. The maximum atomic E-state index is 13.0. The van der Waals surface area contributed by atoms with Crippen LogP contribution < -0.4 is 9.64 Å². The summed E-state index contributed by atoms with van der Waals surface area (Å²) in [6, 6.07) is 10.1. The number of hydrogen-bond acceptors (Lipinski definition) is 3. The van der Waals surface area contributed by atoms with Gasteiger partial charge in [0.15, 0.2) is 11.5 Å². The summed E-state index contributed by atoms with van der Waals surface area (Å²) in [7, 11) is 1.52. The van der Waals surface area contributed by atoms with Gasteiger partial charge in [0.25, 0.3) is 0 Å². The highest BCUT2D eigenvalue weighted by atomic mass is 79.9. The molecule has 0 aliphatic heterocycles. The van der Waals surface area contributed by atoms with Crippen molar-refractivity contribution in [2.24, 2.45) is 0 Å². The molecular weight excluding hydrogens is 337 g/mol. The molecule has 2 aromatic carbocycles. The van der Waals surface area contributed by atoms with E-state index in [1.165, 1.54) is 19.2 Å². The number of ether oxygens (including phenoxy) is 1. The number of anilines is 1. The molecule has 2 aromatic rings. The Morgan fingerprint density at radius 1 is 1.24 bits per heavy atom. The lowest BCUT2D eigenvalue weighted by molar-refractivity contribution is 0.371. The molecule has 0 fully saturated rings. The van der Waals surface area contributed by atoms with E-state index in [2.05, 4.69) is 20.8 Å². The largest absolute Gasteiger partial charge is 0.503 e. The molecule has 0 amide bonds. The highest BCUT2D eigenvalue weighted by molar-refractivity contribution is 9.10. The van der Waals surface area contributed by atoms with Crippen LogP contribution in [-0.4, -0.2) is 18.8 Å². The fraction of sp³-hybridized carbons (Fsp3) is 0.250. The van der Waals surface area contributed by atoms with E-state index in [1.807, 2.05) is 13.0 Å². The highest BCUT2D eigenvalue weighted by Crippen LogP contribution is 2.35. The second kappa shape index (κ2) is 6.80. The summed E-state index contributed by atoms with van der Waals surface area (Å²) < 4.78 is 18.8. The summed E-state index contributed by atoms with van der Waals surface area (Å²) in [4.78, 5) is 2.11. The van der Waals surface area contributed by atoms with Crippen molar-refractivity contribution in [2.75, 3.05) is 18.6 Å². The van der Waals surface area contributed by atoms with Crippen LogP contribution in [0.25, 0.3) is 0 Å². The van der Waals surface area contributed by atoms with Gasteiger partial charge in [-0.2, -0.15) is 0 Å². The van der Waals surface area contributed by atoms with Gasteiger partial charge in [-0.15, -0.1) is 0 Å². The minimum atomic E-state index is -0.246. The van der Waals surface area contributed by atoms with Crippen LogP contribution >= 0.6 is 15.9 Å². The lowest BCUT2D eigenvalue weighted by atomic mass is 10.1. The Kier molecular flexibility index (Phi) is 5.07. The van der Waals surface area contributed by atoms with Crippen molar-refractivity contribution in [2.45, 2.75) is 13.5 Å². The van der Waals surface area contributed by atoms with E-state index < -0.39 is 0 Å². The summed E-state index contributed by atoms with van der Waals surface area (Å²) in [5.41, 5.74) is 1.93. The van der Waals surface area contributed by atoms with Gasteiger partial charge in [0.1, 0.15) is 5.82 Å². The summed E-state index contributed by atoms with van der Waals surface area (Å²) >= 11 is 3.32. The van der Waals surface area contributed by atoms with Crippen LogP contribution in [0.3, 0.4) is 0 Å². The normalized spacial score (nSPS) is 10.5. The first-order valence-electron chi connectivity index (χ1n) is 6.61. The van der Waals surface area contributed by atoms with Gasteiger partial charge in [-0.25, -0.2) is 4.39 Å². The Balaban J connectivity index is 2.26. The predicted octanol–water partition coefficient (Wildman–Crippen LogP) is 4.33. The van der Waals surface area contributed by atoms with Crippen LogP contribution in [0.4, 0.5) is 10.1 Å². The molecule has 0 heterocycles. The molecule has 112 valence electrons. The van der Waals surface area contributed by atoms with Gasteiger partial charge < -0.3 is 14.7 Å². The maximum Gasteiger partial charge on any atom is 0.172 e. The fourth-order valence-electron chi connectivity index (χ4n) is 2.13. The van der Waals surface area contributed by atoms with Gasteiger partial charge in [0.2, 0.25) is 0 Å². The Hall–Kier alpha value is -1.75. The van der Waals surface area contributed by atoms with Crippen LogP contribution in [0.1, 0.15) is 12.5 Å². The number of nitrogens with zero attached hydrogens (tertiary/aromatic N) is 1. The Bertz CT molecular complexity index is 616. The number of hydrogen-bond donors (Lipinski definition) is 1. The molecule has 21 heavy (non-hydrogen) atoms. The SMILES string of the molecule is CCN(Cc1cc(Br)c(O)c(OC)c1)c1ccc(F)cc1. The summed E-state index contributed by atoms with van der Waals surface area (Å²) in [6.07, 6.45) is 0. The van der Waals surface area contributed by atoms with E-state index in [1.54, 1.807) is 18.2 Å². The molecule has 0 aromatic heterocycles. The first-order chi connectivity index (χ1) is 10.0. The number of halogens is 2. The van der Waals surface area contributed by atoms with Crippen molar-refractivity contribution in [1.82, 2.24) is 0 Å². The van der Waals surface area contributed by atoms with Crippen molar-refractivity contribution >= 4 is 21.6 Å². The maximum absolute atomic E-state index is 13.0. The Labute approximate surface area is 132 Å². The van der Waals surface area contributed by atoms with E-state index in [-0.39, 0.29) is 11.6 Å². The van der Waals surface area contributed by atoms with Gasteiger partial charge in [-0.05, 0) is 64.8 Å². The van der Waals surface area contributed by atoms with E-state index in [0.717, 1.165) is 17.8 Å². The molecule has 0 aliphatic carbocycles. The van der Waals surface area contributed by atoms with Gasteiger partial charge in [0.05, 0.1) is 11.6 Å². The van der Waals surface area contributed by atoms with Gasteiger partial charge in [-0.1, -0.05) is 0 Å². The average molecular weight is 354 g/mol. The van der Waals surface area contributed by atoms with Crippen molar-refractivity contribution < 1.29 is 14.2 Å². The molecule has 2 rings (SSSR count). The number of methoxy groups -OCH3 is 1. The first kappa shape index (κ1) is 15.6. The van der Waals surface area contributed by atoms with Crippen molar-refractivity contribution in [3.05, 3.63) is 52.3 Å². The van der Waals surface area contributed by atoms with E-state index in [4.69, 9.17) is 4.74 Å². The summed E-state index contributed by atoms with van der Waals surface area (Å²) in [5.74, 6) is 0.268. The Morgan fingerprint density at radius 3 is 2.48 bits per heavy atom. The van der Waals surface area contributed by atoms with Crippen molar-refractivity contribution in [1.29, 1.82) is 0 Å². The quantitative estimate of drug-likeness (QED) is 0.868. The summed E-state index contributed by atoms with van der Waals surface area (Å²) in [5, 5.41) is 9.83. The topological polar surface area (TPSA) is 32.7 Å². The standard InChI is InChI=1S/C16H17BrFNO2/c1-3-19(13-6-4-12(18)5-7-13)10-11-8-14(17)16(20)15(9-11)21-2/h4-9,20H,3,10H2,1-2H3. The lowest BCUT2D eigenvalue weighted by Gasteiger charge is -2.23. The van der Waals surface area contributed by atoms with Gasteiger partial charge >= 0.3 is 0 Å². The zero-order valence-corrected chi connectivity index (χ0v) is 13.5. The summed E-state index contributed by atoms with van der Waals surface area (Å²) in [6.45, 7) is 3.46. The van der Waals surface area contributed by atoms with Crippen LogP contribution in [0.2, 0.25) is 0 Å². The Morgan fingerprint density at radius 2 is 1.90 bits per heavy atom. The second-order valence-corrected chi connectivity index (χ2v) is 5.47. The third-order valence-electron chi connectivity index (χ3n) is 3.26. The number of benzene rings is 2. The molecular formula is C16H17BrFNO2. The second-order valence-electron chi connectivity index (χ2n) is 4.62. The molecule has 1 N–H and O–H groups in total. The third-order valence-corrected chi connectivity index (χ3v) is 3.86. The molecule has 0 saturated heterocycles. The molecule has 0 bridgehead atoms. The molecule has 0 atom stereocenters.